The molecule has 3 aromatic rings. The van der Waals surface area contributed by atoms with E-state index in [9.17, 15) is 4.79 Å². The maximum atomic E-state index is 13.5. The van der Waals surface area contributed by atoms with Crippen LogP contribution in [0.4, 0.5) is 0 Å². The molecule has 4 rings (SSSR count). The molecule has 31 heavy (non-hydrogen) atoms. The summed E-state index contributed by atoms with van der Waals surface area (Å²) in [5.41, 5.74) is 2.94. The molecule has 0 radical (unpaired) electrons. The normalized spacial score (nSPS) is 17.1. The quantitative estimate of drug-likeness (QED) is 0.584. The third-order valence-electron chi connectivity index (χ3n) is 6.04. The van der Waals surface area contributed by atoms with Gasteiger partial charge >= 0.3 is 0 Å². The summed E-state index contributed by atoms with van der Waals surface area (Å²) in [6.07, 6.45) is 6.38. The number of rotatable bonds is 7. The van der Waals surface area contributed by atoms with Gasteiger partial charge in [-0.3, -0.25) is 9.69 Å². The first-order chi connectivity index (χ1) is 15.2. The average molecular weight is 418 g/mol. The summed E-state index contributed by atoms with van der Waals surface area (Å²) < 4.78 is 1.79. The van der Waals surface area contributed by atoms with E-state index < -0.39 is 0 Å². The summed E-state index contributed by atoms with van der Waals surface area (Å²) in [5, 5.41) is 4.50. The molecule has 1 saturated heterocycles. The van der Waals surface area contributed by atoms with Crippen molar-refractivity contribution in [3.05, 3.63) is 77.7 Å². The summed E-state index contributed by atoms with van der Waals surface area (Å²) in [5.74, 6) is 0.828. The van der Waals surface area contributed by atoms with Crippen molar-refractivity contribution in [3.8, 4) is 5.82 Å². The molecule has 1 aliphatic rings. The molecule has 0 unspecified atom stereocenters. The molecular weight excluding hydrogens is 386 g/mol. The Morgan fingerprint density at radius 1 is 1.06 bits per heavy atom. The first-order valence-electron chi connectivity index (χ1n) is 11.3. The zero-order valence-corrected chi connectivity index (χ0v) is 18.4. The number of hydrogen-bond acceptors (Lipinski definition) is 4. The molecule has 0 N–H and O–H groups in total. The molecular formula is C25H31N5O. The molecule has 0 spiro atoms. The molecule has 162 valence electrons. The van der Waals surface area contributed by atoms with Gasteiger partial charge in [-0.25, -0.2) is 9.67 Å². The van der Waals surface area contributed by atoms with Gasteiger partial charge < -0.3 is 4.90 Å². The Morgan fingerprint density at radius 3 is 2.58 bits per heavy atom. The standard InChI is InChI=1S/C25H31N5O/c1-3-10-21-19-29(16-15-28(21)18-20-11-6-5-7-12-20)25(31)22-17-27-30(23(22)4-2)24-13-8-9-14-26-24/h5-9,11-14,17,21H,3-4,10,15-16,18-19H2,1-2H3/t21-/m0/s1. The predicted octanol–water partition coefficient (Wildman–Crippen LogP) is 3.96. The molecule has 1 fully saturated rings. The van der Waals surface area contributed by atoms with Crippen LogP contribution < -0.4 is 0 Å². The Labute approximate surface area is 184 Å². The molecule has 1 aromatic carbocycles. The maximum absolute atomic E-state index is 13.5. The van der Waals surface area contributed by atoms with Gasteiger partial charge in [-0.05, 0) is 30.5 Å². The highest BCUT2D eigenvalue weighted by atomic mass is 16.2. The zero-order valence-electron chi connectivity index (χ0n) is 18.4. The number of piperazine rings is 1. The van der Waals surface area contributed by atoms with Crippen molar-refractivity contribution in [3.63, 3.8) is 0 Å². The van der Waals surface area contributed by atoms with Crippen molar-refractivity contribution in [1.82, 2.24) is 24.6 Å². The second-order valence-electron chi connectivity index (χ2n) is 8.11. The van der Waals surface area contributed by atoms with Crippen LogP contribution in [0.2, 0.25) is 0 Å². The highest BCUT2D eigenvalue weighted by Gasteiger charge is 2.31. The minimum atomic E-state index is 0.0829. The van der Waals surface area contributed by atoms with Crippen molar-refractivity contribution >= 4 is 5.91 Å². The molecule has 1 aliphatic heterocycles. The van der Waals surface area contributed by atoms with Crippen LogP contribution in [0.15, 0.2) is 60.9 Å². The molecule has 1 amide bonds. The van der Waals surface area contributed by atoms with Crippen molar-refractivity contribution in [1.29, 1.82) is 0 Å². The van der Waals surface area contributed by atoms with Crippen LogP contribution in [0.3, 0.4) is 0 Å². The van der Waals surface area contributed by atoms with Crippen molar-refractivity contribution in [2.45, 2.75) is 45.7 Å². The van der Waals surface area contributed by atoms with E-state index in [0.29, 0.717) is 11.6 Å². The van der Waals surface area contributed by atoms with Crippen LogP contribution in [0.1, 0.15) is 48.3 Å². The molecule has 1 atom stereocenters. The lowest BCUT2D eigenvalue weighted by Crippen LogP contribution is -2.54. The highest BCUT2D eigenvalue weighted by Crippen LogP contribution is 2.22. The van der Waals surface area contributed by atoms with E-state index in [4.69, 9.17) is 0 Å². The lowest BCUT2D eigenvalue weighted by Gasteiger charge is -2.41. The minimum Gasteiger partial charge on any atom is -0.336 e. The summed E-state index contributed by atoms with van der Waals surface area (Å²) in [7, 11) is 0. The zero-order chi connectivity index (χ0) is 21.6. The summed E-state index contributed by atoms with van der Waals surface area (Å²) in [6, 6.07) is 16.7. The first-order valence-corrected chi connectivity index (χ1v) is 11.3. The van der Waals surface area contributed by atoms with Gasteiger partial charge in [0, 0.05) is 38.4 Å². The molecule has 0 saturated carbocycles. The summed E-state index contributed by atoms with van der Waals surface area (Å²) in [6.45, 7) is 7.60. The van der Waals surface area contributed by atoms with Crippen molar-refractivity contribution < 1.29 is 4.79 Å². The van der Waals surface area contributed by atoms with E-state index in [1.807, 2.05) is 23.1 Å². The third kappa shape index (κ3) is 4.69. The molecule has 2 aromatic heterocycles. The number of aromatic nitrogens is 3. The predicted molar refractivity (Wildman–Crippen MR) is 122 cm³/mol. The Balaban J connectivity index is 1.51. The van der Waals surface area contributed by atoms with Gasteiger partial charge in [0.15, 0.2) is 5.82 Å². The second kappa shape index (κ2) is 9.88. The van der Waals surface area contributed by atoms with E-state index in [2.05, 4.69) is 59.2 Å². The van der Waals surface area contributed by atoms with Gasteiger partial charge in [0.05, 0.1) is 17.5 Å². The number of benzene rings is 1. The SMILES string of the molecule is CCC[C@H]1CN(C(=O)c2cnn(-c3ccccn3)c2CC)CCN1Cc1ccccc1. The maximum Gasteiger partial charge on any atom is 0.257 e. The topological polar surface area (TPSA) is 54.3 Å². The van der Waals surface area contributed by atoms with E-state index in [-0.39, 0.29) is 5.91 Å². The van der Waals surface area contributed by atoms with E-state index >= 15 is 0 Å². The first kappa shape index (κ1) is 21.2. The molecule has 3 heterocycles. The van der Waals surface area contributed by atoms with Crippen LogP contribution in [0.25, 0.3) is 5.82 Å². The number of nitrogens with zero attached hydrogens (tertiary/aromatic N) is 5. The van der Waals surface area contributed by atoms with Crippen LogP contribution in [0.5, 0.6) is 0 Å². The Kier molecular flexibility index (Phi) is 6.77. The minimum absolute atomic E-state index is 0.0829. The Bertz CT molecular complexity index is 986. The van der Waals surface area contributed by atoms with Gasteiger partial charge in [0.25, 0.3) is 5.91 Å². The van der Waals surface area contributed by atoms with Crippen LogP contribution >= 0.6 is 0 Å². The lowest BCUT2D eigenvalue weighted by atomic mass is 10.0. The summed E-state index contributed by atoms with van der Waals surface area (Å²) >= 11 is 0. The van der Waals surface area contributed by atoms with E-state index in [0.717, 1.165) is 57.0 Å². The lowest BCUT2D eigenvalue weighted by molar-refractivity contribution is 0.0437. The summed E-state index contributed by atoms with van der Waals surface area (Å²) in [4.78, 5) is 22.4. The monoisotopic (exact) mass is 417 g/mol. The van der Waals surface area contributed by atoms with Gasteiger partial charge in [0.1, 0.15) is 0 Å². The second-order valence-corrected chi connectivity index (χ2v) is 8.11. The van der Waals surface area contributed by atoms with Crippen LogP contribution in [0, 0.1) is 0 Å². The van der Waals surface area contributed by atoms with Gasteiger partial charge in [0.2, 0.25) is 0 Å². The smallest absolute Gasteiger partial charge is 0.257 e. The number of amides is 1. The fraction of sp³-hybridized carbons (Fsp3) is 0.400. The Hall–Kier alpha value is -2.99. The van der Waals surface area contributed by atoms with Gasteiger partial charge in [-0.1, -0.05) is 56.7 Å². The fourth-order valence-corrected chi connectivity index (χ4v) is 4.45. The number of carbonyl (C=O) groups excluding carboxylic acids is 1. The van der Waals surface area contributed by atoms with Gasteiger partial charge in [-0.15, -0.1) is 0 Å². The van der Waals surface area contributed by atoms with Crippen LogP contribution in [-0.2, 0) is 13.0 Å². The molecule has 0 bridgehead atoms. The molecule has 6 heteroatoms. The number of hydrogen-bond donors (Lipinski definition) is 0. The average Bonchev–Trinajstić information content (AvgIpc) is 3.25. The van der Waals surface area contributed by atoms with Crippen molar-refractivity contribution in [2.24, 2.45) is 0 Å². The van der Waals surface area contributed by atoms with Crippen LogP contribution in [-0.4, -0.2) is 56.1 Å². The van der Waals surface area contributed by atoms with E-state index in [1.54, 1.807) is 17.1 Å². The number of pyridine rings is 1. The fourth-order valence-electron chi connectivity index (χ4n) is 4.45. The Morgan fingerprint density at radius 2 is 1.87 bits per heavy atom. The third-order valence-corrected chi connectivity index (χ3v) is 6.04. The number of carbonyl (C=O) groups is 1. The molecule has 0 aliphatic carbocycles. The molecule has 6 nitrogen and oxygen atoms in total. The van der Waals surface area contributed by atoms with Gasteiger partial charge in [-0.2, -0.15) is 5.10 Å². The van der Waals surface area contributed by atoms with E-state index in [1.165, 1.54) is 5.56 Å². The largest absolute Gasteiger partial charge is 0.336 e. The van der Waals surface area contributed by atoms with Crippen molar-refractivity contribution in [2.75, 3.05) is 19.6 Å². The highest BCUT2D eigenvalue weighted by molar-refractivity contribution is 5.95.